The van der Waals surface area contributed by atoms with Crippen molar-refractivity contribution in [3.63, 3.8) is 0 Å². The summed E-state index contributed by atoms with van der Waals surface area (Å²) in [4.78, 5) is 2.47. The molecule has 0 bridgehead atoms. The molecule has 0 aliphatic carbocycles. The second kappa shape index (κ2) is 5.12. The molecule has 16 heavy (non-hydrogen) atoms. The smallest absolute Gasteiger partial charge is 0.148 e. The second-order valence-corrected chi connectivity index (χ2v) is 4.27. The van der Waals surface area contributed by atoms with Crippen LogP contribution in [0.4, 0.5) is 11.6 Å². The Bertz CT molecular complexity index is 324. The zero-order chi connectivity index (χ0) is 11.4. The Morgan fingerprint density at radius 1 is 1.50 bits per heavy atom. The van der Waals surface area contributed by atoms with Gasteiger partial charge in [0.2, 0.25) is 0 Å². The average molecular weight is 221 g/mol. The fourth-order valence-electron chi connectivity index (χ4n) is 2.05. The molecule has 2 rings (SSSR count). The van der Waals surface area contributed by atoms with E-state index in [4.69, 9.17) is 5.73 Å². The summed E-state index contributed by atoms with van der Waals surface area (Å²) < 4.78 is 0. The maximum atomic E-state index is 5.47. The van der Waals surface area contributed by atoms with Crippen LogP contribution in [0.25, 0.3) is 0 Å². The fraction of sp³-hybridized carbons (Fsp3) is 0.636. The minimum Gasteiger partial charge on any atom is -0.382 e. The molecule has 5 nitrogen and oxygen atoms in total. The predicted molar refractivity (Wildman–Crippen MR) is 65.2 cm³/mol. The zero-order valence-corrected chi connectivity index (χ0v) is 9.69. The number of nitrogens with two attached hydrogens (primary N) is 1. The van der Waals surface area contributed by atoms with Gasteiger partial charge in [0.1, 0.15) is 11.6 Å². The summed E-state index contributed by atoms with van der Waals surface area (Å²) in [5.41, 5.74) is 5.47. The lowest BCUT2D eigenvalue weighted by Crippen LogP contribution is -2.22. The Hall–Kier alpha value is -1.36. The lowest BCUT2D eigenvalue weighted by Gasteiger charge is -2.13. The third-order valence-electron chi connectivity index (χ3n) is 3.07. The van der Waals surface area contributed by atoms with E-state index in [9.17, 15) is 0 Å². The van der Waals surface area contributed by atoms with Gasteiger partial charge in [-0.2, -0.15) is 0 Å². The zero-order valence-electron chi connectivity index (χ0n) is 9.69. The molecule has 1 aromatic heterocycles. The Morgan fingerprint density at radius 2 is 2.38 bits per heavy atom. The van der Waals surface area contributed by atoms with E-state index in [0.717, 1.165) is 24.8 Å². The summed E-state index contributed by atoms with van der Waals surface area (Å²) >= 11 is 0. The van der Waals surface area contributed by atoms with Gasteiger partial charge in [-0.1, -0.05) is 6.92 Å². The van der Waals surface area contributed by atoms with E-state index >= 15 is 0 Å². The van der Waals surface area contributed by atoms with Crippen molar-refractivity contribution >= 4 is 11.6 Å². The second-order valence-electron chi connectivity index (χ2n) is 4.27. The third kappa shape index (κ3) is 2.82. The summed E-state index contributed by atoms with van der Waals surface area (Å²) in [6.45, 7) is 6.73. The van der Waals surface area contributed by atoms with Gasteiger partial charge in [0.25, 0.3) is 0 Å². The van der Waals surface area contributed by atoms with Crippen LogP contribution in [0.5, 0.6) is 0 Å². The number of anilines is 2. The van der Waals surface area contributed by atoms with Gasteiger partial charge >= 0.3 is 0 Å². The lowest BCUT2D eigenvalue weighted by atomic mass is 10.1. The number of rotatable bonds is 4. The van der Waals surface area contributed by atoms with Crippen LogP contribution >= 0.6 is 0 Å². The standard InChI is InChI=1S/C11H19N5/c1-2-16-6-5-9(8-16)7-13-11-4-3-10(12)14-15-11/h3-4,9H,2,5-8H2,1H3,(H2,12,14)(H,13,15). The van der Waals surface area contributed by atoms with Gasteiger partial charge < -0.3 is 16.0 Å². The first-order valence-corrected chi connectivity index (χ1v) is 5.83. The van der Waals surface area contributed by atoms with Gasteiger partial charge in [-0.05, 0) is 37.6 Å². The van der Waals surface area contributed by atoms with Crippen molar-refractivity contribution in [2.24, 2.45) is 5.92 Å². The SMILES string of the molecule is CCN1CCC(CNc2ccc(N)nn2)C1. The minimum absolute atomic E-state index is 0.462. The molecule has 1 aliphatic rings. The van der Waals surface area contributed by atoms with Crippen molar-refractivity contribution in [3.8, 4) is 0 Å². The highest BCUT2D eigenvalue weighted by atomic mass is 15.2. The first-order valence-electron chi connectivity index (χ1n) is 5.83. The molecule has 2 heterocycles. The van der Waals surface area contributed by atoms with Crippen LogP contribution in [-0.2, 0) is 0 Å². The van der Waals surface area contributed by atoms with Crippen LogP contribution in [0.2, 0.25) is 0 Å². The van der Waals surface area contributed by atoms with Gasteiger partial charge in [-0.3, -0.25) is 0 Å². The molecule has 0 aromatic carbocycles. The molecule has 88 valence electrons. The number of hydrogen-bond acceptors (Lipinski definition) is 5. The van der Waals surface area contributed by atoms with Crippen molar-refractivity contribution in [2.45, 2.75) is 13.3 Å². The van der Waals surface area contributed by atoms with E-state index in [2.05, 4.69) is 27.3 Å². The molecular formula is C11H19N5. The number of nitrogens with zero attached hydrogens (tertiary/aromatic N) is 3. The third-order valence-corrected chi connectivity index (χ3v) is 3.07. The Labute approximate surface area is 96.0 Å². The Kier molecular flexibility index (Phi) is 3.56. The van der Waals surface area contributed by atoms with E-state index < -0.39 is 0 Å². The van der Waals surface area contributed by atoms with Gasteiger partial charge in [0.05, 0.1) is 0 Å². The summed E-state index contributed by atoms with van der Waals surface area (Å²) in [7, 11) is 0. The molecule has 1 fully saturated rings. The van der Waals surface area contributed by atoms with Gasteiger partial charge in [-0.15, -0.1) is 10.2 Å². The quantitative estimate of drug-likeness (QED) is 0.787. The number of nitrogen functional groups attached to an aromatic ring is 1. The number of nitrogens with one attached hydrogen (secondary N) is 1. The molecule has 0 radical (unpaired) electrons. The van der Waals surface area contributed by atoms with E-state index in [0.29, 0.717) is 5.82 Å². The average Bonchev–Trinajstić information content (AvgIpc) is 2.76. The van der Waals surface area contributed by atoms with Crippen molar-refractivity contribution in [2.75, 3.05) is 37.2 Å². The monoisotopic (exact) mass is 221 g/mol. The van der Waals surface area contributed by atoms with Gasteiger partial charge in [-0.25, -0.2) is 0 Å². The van der Waals surface area contributed by atoms with Crippen molar-refractivity contribution < 1.29 is 0 Å². The van der Waals surface area contributed by atoms with Gasteiger partial charge in [0, 0.05) is 13.1 Å². The van der Waals surface area contributed by atoms with Crippen molar-refractivity contribution in [3.05, 3.63) is 12.1 Å². The van der Waals surface area contributed by atoms with Crippen LogP contribution in [0, 0.1) is 5.92 Å². The number of likely N-dealkylation sites (tertiary alicyclic amines) is 1. The lowest BCUT2D eigenvalue weighted by molar-refractivity contribution is 0.345. The summed E-state index contributed by atoms with van der Waals surface area (Å²) in [6.07, 6.45) is 1.27. The van der Waals surface area contributed by atoms with Gasteiger partial charge in [0.15, 0.2) is 0 Å². The first kappa shape index (κ1) is 11.1. The molecule has 1 aromatic rings. The molecular weight excluding hydrogens is 202 g/mol. The van der Waals surface area contributed by atoms with E-state index in [1.54, 1.807) is 6.07 Å². The highest BCUT2D eigenvalue weighted by Crippen LogP contribution is 2.16. The molecule has 0 spiro atoms. The van der Waals surface area contributed by atoms with Crippen LogP contribution in [-0.4, -0.2) is 41.3 Å². The van der Waals surface area contributed by atoms with Crippen LogP contribution in [0.1, 0.15) is 13.3 Å². The molecule has 1 saturated heterocycles. The summed E-state index contributed by atoms with van der Waals surface area (Å²) in [6, 6.07) is 3.64. The maximum Gasteiger partial charge on any atom is 0.148 e. The largest absolute Gasteiger partial charge is 0.382 e. The predicted octanol–water partition coefficient (Wildman–Crippen LogP) is 0.812. The molecule has 5 heteroatoms. The normalized spacial score (nSPS) is 21.2. The van der Waals surface area contributed by atoms with Crippen molar-refractivity contribution in [1.82, 2.24) is 15.1 Å². The Morgan fingerprint density at radius 3 is 3.00 bits per heavy atom. The number of aromatic nitrogens is 2. The van der Waals surface area contributed by atoms with Crippen LogP contribution in [0.15, 0.2) is 12.1 Å². The van der Waals surface area contributed by atoms with Crippen LogP contribution in [0.3, 0.4) is 0 Å². The number of hydrogen-bond donors (Lipinski definition) is 2. The molecule has 0 amide bonds. The van der Waals surface area contributed by atoms with E-state index in [1.807, 2.05) is 6.07 Å². The minimum atomic E-state index is 0.462. The van der Waals surface area contributed by atoms with E-state index in [-0.39, 0.29) is 0 Å². The summed E-state index contributed by atoms with van der Waals surface area (Å²) in [5, 5.41) is 11.1. The topological polar surface area (TPSA) is 67.1 Å². The maximum absolute atomic E-state index is 5.47. The highest BCUT2D eigenvalue weighted by molar-refractivity contribution is 5.38. The van der Waals surface area contributed by atoms with Crippen LogP contribution < -0.4 is 11.1 Å². The molecule has 1 atom stereocenters. The molecule has 1 unspecified atom stereocenters. The Balaban J connectivity index is 1.77. The molecule has 1 aliphatic heterocycles. The van der Waals surface area contributed by atoms with E-state index in [1.165, 1.54) is 19.5 Å². The highest BCUT2D eigenvalue weighted by Gasteiger charge is 2.20. The molecule has 3 N–H and O–H groups in total. The first-order chi connectivity index (χ1) is 7.78. The summed E-state index contributed by atoms with van der Waals surface area (Å²) in [5.74, 6) is 1.99. The van der Waals surface area contributed by atoms with Crippen molar-refractivity contribution in [1.29, 1.82) is 0 Å². The fourth-order valence-corrected chi connectivity index (χ4v) is 2.05. The molecule has 0 saturated carbocycles.